The van der Waals surface area contributed by atoms with E-state index in [1.54, 1.807) is 36.3 Å². The second kappa shape index (κ2) is 9.00. The van der Waals surface area contributed by atoms with Crippen molar-refractivity contribution in [1.82, 2.24) is 33.6 Å². The Morgan fingerprint density at radius 1 is 1.16 bits per heavy atom. The molecule has 0 saturated carbocycles. The van der Waals surface area contributed by atoms with Gasteiger partial charge in [-0.1, -0.05) is 18.7 Å². The van der Waals surface area contributed by atoms with Gasteiger partial charge >= 0.3 is 0 Å². The highest BCUT2D eigenvalue weighted by Crippen LogP contribution is 2.28. The predicted octanol–water partition coefficient (Wildman–Crippen LogP) is 3.18. The van der Waals surface area contributed by atoms with Crippen LogP contribution < -0.4 is 0 Å². The molecular formula is C21H25N7O2S2. The lowest BCUT2D eigenvalue weighted by atomic mass is 10.3. The van der Waals surface area contributed by atoms with Crippen molar-refractivity contribution in [2.24, 2.45) is 7.05 Å². The highest BCUT2D eigenvalue weighted by atomic mass is 32.2. The summed E-state index contributed by atoms with van der Waals surface area (Å²) in [6.07, 6.45) is 4.43. The lowest BCUT2D eigenvalue weighted by Crippen LogP contribution is -2.22. The minimum Gasteiger partial charge on any atom is -0.327 e. The molecule has 9 nitrogen and oxygen atoms in total. The Morgan fingerprint density at radius 3 is 2.66 bits per heavy atom. The van der Waals surface area contributed by atoms with E-state index in [4.69, 9.17) is 4.98 Å². The van der Waals surface area contributed by atoms with Gasteiger partial charge in [-0.15, -0.1) is 10.2 Å². The normalized spacial score (nSPS) is 12.2. The fourth-order valence-corrected chi connectivity index (χ4v) is 5.21. The standard InChI is InChI=1S/C21H25N7O2S2/c1-5-11-28-18-9-8-16(32(29,30)26(2)3)12-17(18)23-19(28)14-31-21-25-24-20(27(21)4)15-7-6-10-22-13-15/h6-10,12-13H,5,11,14H2,1-4H3. The maximum atomic E-state index is 12.5. The largest absolute Gasteiger partial charge is 0.327 e. The maximum absolute atomic E-state index is 12.5. The second-order valence-electron chi connectivity index (χ2n) is 7.51. The first-order valence-electron chi connectivity index (χ1n) is 10.2. The van der Waals surface area contributed by atoms with Crippen LogP contribution in [0.2, 0.25) is 0 Å². The van der Waals surface area contributed by atoms with E-state index in [-0.39, 0.29) is 4.90 Å². The number of imidazole rings is 1. The topological polar surface area (TPSA) is 98.8 Å². The summed E-state index contributed by atoms with van der Waals surface area (Å²) in [5.74, 6) is 2.21. The van der Waals surface area contributed by atoms with Crippen LogP contribution in [0.3, 0.4) is 0 Å². The molecule has 0 atom stereocenters. The zero-order valence-corrected chi connectivity index (χ0v) is 20.1. The van der Waals surface area contributed by atoms with E-state index in [2.05, 4.69) is 26.7 Å². The Kier molecular flexibility index (Phi) is 6.31. The molecule has 4 rings (SSSR count). The van der Waals surface area contributed by atoms with E-state index in [1.165, 1.54) is 18.4 Å². The van der Waals surface area contributed by atoms with E-state index < -0.39 is 10.0 Å². The summed E-state index contributed by atoms with van der Waals surface area (Å²) in [5, 5.41) is 9.41. The zero-order valence-electron chi connectivity index (χ0n) is 18.4. The third-order valence-corrected chi connectivity index (χ3v) is 7.94. The number of fused-ring (bicyclic) bond motifs is 1. The van der Waals surface area contributed by atoms with Crippen molar-refractivity contribution in [3.63, 3.8) is 0 Å². The Morgan fingerprint density at radius 2 is 1.97 bits per heavy atom. The van der Waals surface area contributed by atoms with Crippen LogP contribution in [-0.4, -0.2) is 56.1 Å². The SMILES string of the molecule is CCCn1c(CSc2nnc(-c3cccnc3)n2C)nc2cc(S(=O)(=O)N(C)C)ccc21. The van der Waals surface area contributed by atoms with E-state index in [9.17, 15) is 8.42 Å². The monoisotopic (exact) mass is 471 g/mol. The summed E-state index contributed by atoms with van der Waals surface area (Å²) in [7, 11) is 1.46. The quantitative estimate of drug-likeness (QED) is 0.364. The van der Waals surface area contributed by atoms with Crippen LogP contribution in [-0.2, 0) is 29.4 Å². The van der Waals surface area contributed by atoms with Crippen LogP contribution in [0.1, 0.15) is 19.2 Å². The average Bonchev–Trinajstić information content (AvgIpc) is 3.32. The molecular weight excluding hydrogens is 446 g/mol. The van der Waals surface area contributed by atoms with Gasteiger partial charge < -0.3 is 9.13 Å². The molecule has 0 aliphatic heterocycles. The Labute approximate surface area is 191 Å². The summed E-state index contributed by atoms with van der Waals surface area (Å²) >= 11 is 1.54. The number of thioether (sulfide) groups is 1. The molecule has 0 aliphatic carbocycles. The first-order valence-corrected chi connectivity index (χ1v) is 12.6. The first-order chi connectivity index (χ1) is 15.3. The third-order valence-electron chi connectivity index (χ3n) is 5.11. The van der Waals surface area contributed by atoms with Crippen molar-refractivity contribution < 1.29 is 8.42 Å². The lowest BCUT2D eigenvalue weighted by molar-refractivity contribution is 0.521. The van der Waals surface area contributed by atoms with Crippen molar-refractivity contribution >= 4 is 32.8 Å². The molecule has 4 aromatic rings. The molecule has 0 spiro atoms. The molecule has 0 unspecified atom stereocenters. The smallest absolute Gasteiger partial charge is 0.242 e. The molecule has 0 radical (unpaired) electrons. The number of aromatic nitrogens is 6. The lowest BCUT2D eigenvalue weighted by Gasteiger charge is -2.11. The fourth-order valence-electron chi connectivity index (χ4n) is 3.43. The van der Waals surface area contributed by atoms with E-state index >= 15 is 0 Å². The summed E-state index contributed by atoms with van der Waals surface area (Å²) in [6.45, 7) is 2.91. The molecule has 3 aromatic heterocycles. The number of sulfonamides is 1. The van der Waals surface area contributed by atoms with Crippen molar-refractivity contribution in [1.29, 1.82) is 0 Å². The first kappa shape index (κ1) is 22.4. The molecule has 32 heavy (non-hydrogen) atoms. The van der Waals surface area contributed by atoms with Gasteiger partial charge in [0.25, 0.3) is 0 Å². The maximum Gasteiger partial charge on any atom is 0.242 e. The minimum absolute atomic E-state index is 0.241. The van der Waals surface area contributed by atoms with Gasteiger partial charge in [-0.3, -0.25) is 4.98 Å². The number of rotatable bonds is 8. The molecule has 3 heterocycles. The van der Waals surface area contributed by atoms with Crippen molar-refractivity contribution in [2.45, 2.75) is 35.7 Å². The van der Waals surface area contributed by atoms with Crippen LogP contribution in [0.25, 0.3) is 22.4 Å². The van der Waals surface area contributed by atoms with Crippen LogP contribution in [0.15, 0.2) is 52.8 Å². The third kappa shape index (κ3) is 4.15. The summed E-state index contributed by atoms with van der Waals surface area (Å²) in [6, 6.07) is 8.95. The van der Waals surface area contributed by atoms with Gasteiger partial charge in [0, 0.05) is 45.6 Å². The van der Waals surface area contributed by atoms with E-state index in [0.29, 0.717) is 11.3 Å². The van der Waals surface area contributed by atoms with Gasteiger partial charge in [0.1, 0.15) is 5.82 Å². The minimum atomic E-state index is -3.52. The zero-order chi connectivity index (χ0) is 22.9. The van der Waals surface area contributed by atoms with Crippen LogP contribution in [0, 0.1) is 0 Å². The summed E-state index contributed by atoms with van der Waals surface area (Å²) < 4.78 is 30.3. The fraction of sp³-hybridized carbons (Fsp3) is 0.333. The molecule has 0 aliphatic rings. The van der Waals surface area contributed by atoms with Gasteiger partial charge in [-0.05, 0) is 36.8 Å². The molecule has 0 fully saturated rings. The molecule has 0 saturated heterocycles. The van der Waals surface area contributed by atoms with E-state index in [0.717, 1.165) is 40.9 Å². The molecule has 0 amide bonds. The highest BCUT2D eigenvalue weighted by molar-refractivity contribution is 7.98. The summed E-state index contributed by atoms with van der Waals surface area (Å²) in [4.78, 5) is 9.16. The van der Waals surface area contributed by atoms with Gasteiger partial charge in [0.15, 0.2) is 11.0 Å². The molecule has 0 bridgehead atoms. The van der Waals surface area contributed by atoms with Gasteiger partial charge in [0.2, 0.25) is 10.0 Å². The predicted molar refractivity (Wildman–Crippen MR) is 125 cm³/mol. The molecule has 0 N–H and O–H groups in total. The van der Waals surface area contributed by atoms with Crippen molar-refractivity contribution in [3.8, 4) is 11.4 Å². The van der Waals surface area contributed by atoms with Crippen molar-refractivity contribution in [3.05, 3.63) is 48.5 Å². The Bertz CT molecular complexity index is 1350. The number of pyridine rings is 1. The van der Waals surface area contributed by atoms with Crippen molar-refractivity contribution in [2.75, 3.05) is 14.1 Å². The molecule has 168 valence electrons. The number of nitrogens with zero attached hydrogens (tertiary/aromatic N) is 7. The number of aryl methyl sites for hydroxylation is 1. The highest BCUT2D eigenvalue weighted by Gasteiger charge is 2.20. The van der Waals surface area contributed by atoms with Gasteiger partial charge in [-0.25, -0.2) is 17.7 Å². The second-order valence-corrected chi connectivity index (χ2v) is 10.6. The molecule has 1 aromatic carbocycles. The van der Waals surface area contributed by atoms with E-state index in [1.807, 2.05) is 29.8 Å². The summed E-state index contributed by atoms with van der Waals surface area (Å²) in [5.41, 5.74) is 2.50. The average molecular weight is 472 g/mol. The number of hydrogen-bond donors (Lipinski definition) is 0. The van der Waals surface area contributed by atoms with Gasteiger partial charge in [-0.2, -0.15) is 0 Å². The van der Waals surface area contributed by atoms with Crippen LogP contribution in [0.5, 0.6) is 0 Å². The number of benzene rings is 1. The Balaban J connectivity index is 1.64. The molecule has 11 heteroatoms. The number of hydrogen-bond acceptors (Lipinski definition) is 7. The van der Waals surface area contributed by atoms with Gasteiger partial charge in [0.05, 0.1) is 21.7 Å². The Hall–Kier alpha value is -2.76. The van der Waals surface area contributed by atoms with Crippen LogP contribution >= 0.6 is 11.8 Å². The van der Waals surface area contributed by atoms with Crippen LogP contribution in [0.4, 0.5) is 0 Å².